The molecule has 0 fully saturated rings. The maximum absolute atomic E-state index is 6.15. The summed E-state index contributed by atoms with van der Waals surface area (Å²) in [6.45, 7) is 3.91. The molecule has 0 saturated carbocycles. The first-order chi connectivity index (χ1) is 8.11. The molecule has 0 radical (unpaired) electrons. The molecule has 1 heterocycles. The average molecular weight is 231 g/mol. The highest BCUT2D eigenvalue weighted by Crippen LogP contribution is 2.26. The van der Waals surface area contributed by atoms with Gasteiger partial charge in [0.1, 0.15) is 17.3 Å². The summed E-state index contributed by atoms with van der Waals surface area (Å²) in [7, 11) is 1.66. The number of rotatable bonds is 3. The van der Waals surface area contributed by atoms with Crippen molar-refractivity contribution in [3.8, 4) is 5.75 Å². The van der Waals surface area contributed by atoms with Gasteiger partial charge in [0.2, 0.25) is 0 Å². The molecule has 0 amide bonds. The molecule has 90 valence electrons. The van der Waals surface area contributed by atoms with Gasteiger partial charge in [0, 0.05) is 0 Å². The second-order valence-corrected chi connectivity index (χ2v) is 4.16. The summed E-state index contributed by atoms with van der Waals surface area (Å²) in [5, 5.41) is 0. The summed E-state index contributed by atoms with van der Waals surface area (Å²) in [5.74, 6) is 2.49. The number of hydrogen-bond acceptors (Lipinski definition) is 3. The zero-order valence-corrected chi connectivity index (χ0v) is 10.4. The monoisotopic (exact) mass is 231 g/mol. The molecular weight excluding hydrogens is 214 g/mol. The molecule has 2 N–H and O–H groups in total. The smallest absolute Gasteiger partial charge is 0.125 e. The predicted molar refractivity (Wildman–Crippen MR) is 67.2 cm³/mol. The largest absolute Gasteiger partial charge is 0.496 e. The van der Waals surface area contributed by atoms with E-state index in [0.29, 0.717) is 0 Å². The Bertz CT molecular complexity index is 517. The molecule has 17 heavy (non-hydrogen) atoms. The van der Waals surface area contributed by atoms with Gasteiger partial charge in [-0.15, -0.1) is 0 Å². The Morgan fingerprint density at radius 3 is 2.53 bits per heavy atom. The topological polar surface area (TPSA) is 48.4 Å². The average Bonchev–Trinajstić information content (AvgIpc) is 2.75. The number of nitrogens with two attached hydrogens (primary N) is 1. The maximum atomic E-state index is 6.15. The Balaban J connectivity index is 2.34. The van der Waals surface area contributed by atoms with Gasteiger partial charge in [-0.2, -0.15) is 0 Å². The minimum absolute atomic E-state index is 0.252. The van der Waals surface area contributed by atoms with Gasteiger partial charge in [-0.1, -0.05) is 12.1 Å². The fourth-order valence-corrected chi connectivity index (χ4v) is 1.81. The molecule has 3 nitrogen and oxygen atoms in total. The molecule has 0 spiro atoms. The van der Waals surface area contributed by atoms with E-state index in [1.54, 1.807) is 7.11 Å². The van der Waals surface area contributed by atoms with Gasteiger partial charge >= 0.3 is 0 Å². The van der Waals surface area contributed by atoms with Crippen LogP contribution >= 0.6 is 0 Å². The summed E-state index contributed by atoms with van der Waals surface area (Å²) in [4.78, 5) is 0. The van der Waals surface area contributed by atoms with E-state index < -0.39 is 0 Å². The molecular formula is C14H17NO2. The fraction of sp³-hybridized carbons (Fsp3) is 0.286. The Labute approximate surface area is 101 Å². The van der Waals surface area contributed by atoms with Crippen LogP contribution in [-0.2, 0) is 0 Å². The number of benzene rings is 1. The van der Waals surface area contributed by atoms with Crippen molar-refractivity contribution in [3.05, 3.63) is 53.0 Å². The highest BCUT2D eigenvalue weighted by atomic mass is 16.5. The lowest BCUT2D eigenvalue weighted by molar-refractivity contribution is 0.410. The van der Waals surface area contributed by atoms with Gasteiger partial charge in [-0.3, -0.25) is 0 Å². The maximum Gasteiger partial charge on any atom is 0.125 e. The summed E-state index contributed by atoms with van der Waals surface area (Å²) in [6.07, 6.45) is 0. The molecule has 1 unspecified atom stereocenters. The molecule has 0 aliphatic carbocycles. The molecule has 0 saturated heterocycles. The summed E-state index contributed by atoms with van der Waals surface area (Å²) < 4.78 is 10.8. The molecule has 1 aromatic heterocycles. The van der Waals surface area contributed by atoms with E-state index in [2.05, 4.69) is 0 Å². The van der Waals surface area contributed by atoms with Crippen molar-refractivity contribution >= 4 is 0 Å². The molecule has 1 atom stereocenters. The highest BCUT2D eigenvalue weighted by Gasteiger charge is 2.13. The summed E-state index contributed by atoms with van der Waals surface area (Å²) in [6, 6.07) is 9.54. The van der Waals surface area contributed by atoms with Crippen LogP contribution in [0.2, 0.25) is 0 Å². The van der Waals surface area contributed by atoms with Crippen LogP contribution in [0.25, 0.3) is 0 Å². The number of methoxy groups -OCH3 is 1. The number of hydrogen-bond donors (Lipinski definition) is 1. The van der Waals surface area contributed by atoms with Crippen LogP contribution in [0.4, 0.5) is 0 Å². The second-order valence-electron chi connectivity index (χ2n) is 4.16. The number of furan rings is 1. The highest BCUT2D eigenvalue weighted by molar-refractivity contribution is 5.39. The van der Waals surface area contributed by atoms with Crippen molar-refractivity contribution in [1.29, 1.82) is 0 Å². The third-order valence-electron chi connectivity index (χ3n) is 2.86. The van der Waals surface area contributed by atoms with Crippen LogP contribution in [0, 0.1) is 13.8 Å². The first kappa shape index (κ1) is 11.7. The lowest BCUT2D eigenvalue weighted by Crippen LogP contribution is -2.11. The van der Waals surface area contributed by atoms with Crippen LogP contribution in [-0.4, -0.2) is 7.11 Å². The zero-order chi connectivity index (χ0) is 12.4. The van der Waals surface area contributed by atoms with E-state index in [0.717, 1.165) is 28.4 Å². The molecule has 0 aliphatic heterocycles. The first-order valence-corrected chi connectivity index (χ1v) is 5.58. The van der Waals surface area contributed by atoms with Crippen LogP contribution in [0.5, 0.6) is 5.75 Å². The standard InChI is InChI=1S/C14H17NO2/c1-9-4-6-11(8-13(9)16-3)14(15)12-7-5-10(2)17-12/h4-8,14H,15H2,1-3H3. The van der Waals surface area contributed by atoms with E-state index in [9.17, 15) is 0 Å². The number of aryl methyl sites for hydroxylation is 2. The third kappa shape index (κ3) is 2.34. The van der Waals surface area contributed by atoms with E-state index in [1.807, 2.05) is 44.2 Å². The van der Waals surface area contributed by atoms with E-state index in [-0.39, 0.29) is 6.04 Å². The molecule has 1 aromatic carbocycles. The van der Waals surface area contributed by atoms with Gasteiger partial charge < -0.3 is 14.9 Å². The SMILES string of the molecule is COc1cc(C(N)c2ccc(C)o2)ccc1C. The molecule has 0 bridgehead atoms. The van der Waals surface area contributed by atoms with Crippen molar-refractivity contribution in [2.24, 2.45) is 5.73 Å². The zero-order valence-electron chi connectivity index (χ0n) is 10.4. The minimum Gasteiger partial charge on any atom is -0.496 e. The van der Waals surface area contributed by atoms with Crippen molar-refractivity contribution < 1.29 is 9.15 Å². The molecule has 0 aliphatic rings. The third-order valence-corrected chi connectivity index (χ3v) is 2.86. The Morgan fingerprint density at radius 1 is 1.18 bits per heavy atom. The Hall–Kier alpha value is -1.74. The fourth-order valence-electron chi connectivity index (χ4n) is 1.81. The molecule has 2 rings (SSSR count). The lowest BCUT2D eigenvalue weighted by Gasteiger charge is -2.12. The Kier molecular flexibility index (Phi) is 3.20. The molecule has 2 aromatic rings. The van der Waals surface area contributed by atoms with Gasteiger partial charge in [-0.25, -0.2) is 0 Å². The van der Waals surface area contributed by atoms with Crippen molar-refractivity contribution in [2.75, 3.05) is 7.11 Å². The lowest BCUT2D eigenvalue weighted by atomic mass is 10.0. The summed E-state index contributed by atoms with van der Waals surface area (Å²) in [5.41, 5.74) is 8.24. The predicted octanol–water partition coefficient (Wildman–Crippen LogP) is 2.95. The van der Waals surface area contributed by atoms with Gasteiger partial charge in [0.15, 0.2) is 0 Å². The first-order valence-electron chi connectivity index (χ1n) is 5.58. The number of ether oxygens (including phenoxy) is 1. The van der Waals surface area contributed by atoms with Crippen LogP contribution < -0.4 is 10.5 Å². The van der Waals surface area contributed by atoms with Crippen molar-refractivity contribution in [2.45, 2.75) is 19.9 Å². The van der Waals surface area contributed by atoms with E-state index in [4.69, 9.17) is 14.9 Å². The van der Waals surface area contributed by atoms with Crippen LogP contribution in [0.1, 0.15) is 28.7 Å². The van der Waals surface area contributed by atoms with Crippen LogP contribution in [0.3, 0.4) is 0 Å². The van der Waals surface area contributed by atoms with Gasteiger partial charge in [-0.05, 0) is 43.2 Å². The Morgan fingerprint density at radius 2 is 1.94 bits per heavy atom. The minimum atomic E-state index is -0.252. The van der Waals surface area contributed by atoms with Crippen molar-refractivity contribution in [1.82, 2.24) is 0 Å². The quantitative estimate of drug-likeness (QED) is 0.883. The van der Waals surface area contributed by atoms with E-state index >= 15 is 0 Å². The van der Waals surface area contributed by atoms with Gasteiger partial charge in [0.05, 0.1) is 13.2 Å². The normalized spacial score (nSPS) is 12.5. The van der Waals surface area contributed by atoms with Crippen LogP contribution in [0.15, 0.2) is 34.7 Å². The van der Waals surface area contributed by atoms with E-state index in [1.165, 1.54) is 0 Å². The van der Waals surface area contributed by atoms with Crippen molar-refractivity contribution in [3.63, 3.8) is 0 Å². The summed E-state index contributed by atoms with van der Waals surface area (Å²) >= 11 is 0. The second kappa shape index (κ2) is 4.63. The molecule has 3 heteroatoms. The van der Waals surface area contributed by atoms with Gasteiger partial charge in [0.25, 0.3) is 0 Å².